The Morgan fingerprint density at radius 2 is 1.64 bits per heavy atom. The minimum Gasteiger partial charge on any atom is -0.337 e. The number of likely N-dealkylation sites (tertiary alicyclic amines) is 1. The van der Waals surface area contributed by atoms with Crippen LogP contribution >= 0.6 is 11.3 Å². The lowest BCUT2D eigenvalue weighted by molar-refractivity contribution is -0.121. The van der Waals surface area contributed by atoms with Gasteiger partial charge in [0, 0.05) is 24.7 Å². The molecule has 3 amide bonds. The smallest absolute Gasteiger partial charge is 0.264 e. The average Bonchev–Trinajstić information content (AvgIpc) is 3.48. The summed E-state index contributed by atoms with van der Waals surface area (Å²) in [5.74, 6) is -0.169. The van der Waals surface area contributed by atoms with Gasteiger partial charge in [0.25, 0.3) is 5.91 Å². The van der Waals surface area contributed by atoms with Crippen LogP contribution in [0.5, 0.6) is 0 Å². The topological polar surface area (TPSA) is 78.5 Å². The first-order valence-corrected chi connectivity index (χ1v) is 10.5. The van der Waals surface area contributed by atoms with Crippen molar-refractivity contribution in [3.63, 3.8) is 0 Å². The molecule has 1 saturated carbocycles. The van der Waals surface area contributed by atoms with Gasteiger partial charge in [-0.1, -0.05) is 18.2 Å². The molecule has 2 aliphatic rings. The number of benzene rings is 1. The lowest BCUT2D eigenvalue weighted by Gasteiger charge is -2.31. The third-order valence-corrected chi connectivity index (χ3v) is 6.12. The van der Waals surface area contributed by atoms with E-state index in [0.29, 0.717) is 23.0 Å². The van der Waals surface area contributed by atoms with E-state index in [0.717, 1.165) is 31.4 Å². The average molecular weight is 398 g/mol. The number of hydrogen-bond acceptors (Lipinski definition) is 4. The molecule has 1 aliphatic heterocycles. The van der Waals surface area contributed by atoms with E-state index in [-0.39, 0.29) is 29.6 Å². The summed E-state index contributed by atoms with van der Waals surface area (Å²) < 4.78 is 0. The molecule has 2 aromatic rings. The Balaban J connectivity index is 1.36. The fourth-order valence-electron chi connectivity index (χ4n) is 3.39. The number of amides is 3. The van der Waals surface area contributed by atoms with Crippen LogP contribution in [-0.2, 0) is 9.59 Å². The molecule has 28 heavy (non-hydrogen) atoms. The van der Waals surface area contributed by atoms with Gasteiger partial charge in [-0.25, -0.2) is 0 Å². The summed E-state index contributed by atoms with van der Waals surface area (Å²) in [5.41, 5.74) is 0.769. The van der Waals surface area contributed by atoms with Gasteiger partial charge in [-0.3, -0.25) is 14.4 Å². The third-order valence-electron chi connectivity index (χ3n) is 5.13. The molecule has 1 aromatic carbocycles. The maximum absolute atomic E-state index is 12.9. The van der Waals surface area contributed by atoms with Crippen LogP contribution < -0.4 is 10.6 Å². The summed E-state index contributed by atoms with van der Waals surface area (Å²) >= 11 is 1.30. The number of carbonyl (C=O) groups is 3. The van der Waals surface area contributed by atoms with E-state index < -0.39 is 0 Å². The van der Waals surface area contributed by atoms with Crippen LogP contribution in [0.1, 0.15) is 35.4 Å². The summed E-state index contributed by atoms with van der Waals surface area (Å²) in [6.45, 7) is 1.06. The molecule has 0 spiro atoms. The number of thiophene rings is 1. The van der Waals surface area contributed by atoms with Crippen LogP contribution in [0.15, 0.2) is 42.5 Å². The van der Waals surface area contributed by atoms with Crippen LogP contribution in [0.2, 0.25) is 0 Å². The number of anilines is 2. The molecule has 4 rings (SSSR count). The van der Waals surface area contributed by atoms with Crippen molar-refractivity contribution in [3.8, 4) is 0 Å². The van der Waals surface area contributed by atoms with Crippen molar-refractivity contribution in [1.82, 2.24) is 4.90 Å². The van der Waals surface area contributed by atoms with Crippen molar-refractivity contribution in [1.29, 1.82) is 0 Å². The van der Waals surface area contributed by atoms with Crippen molar-refractivity contribution in [2.75, 3.05) is 23.7 Å². The summed E-state index contributed by atoms with van der Waals surface area (Å²) in [6, 6.07) is 12.9. The lowest BCUT2D eigenvalue weighted by atomic mass is 9.97. The summed E-state index contributed by atoms with van der Waals surface area (Å²) in [5, 5.41) is 6.52. The minimum absolute atomic E-state index is 0.0384. The van der Waals surface area contributed by atoms with Gasteiger partial charge in [0.1, 0.15) is 0 Å². The van der Waals surface area contributed by atoms with Crippen LogP contribution in [0.3, 0.4) is 0 Å². The molecule has 2 heterocycles. The van der Waals surface area contributed by atoms with E-state index in [2.05, 4.69) is 10.6 Å². The Bertz CT molecular complexity index is 876. The van der Waals surface area contributed by atoms with Crippen molar-refractivity contribution in [3.05, 3.63) is 47.3 Å². The predicted octanol–water partition coefficient (Wildman–Crippen LogP) is 3.59. The molecule has 2 fully saturated rings. The lowest BCUT2D eigenvalue weighted by Crippen LogP contribution is -2.43. The maximum Gasteiger partial charge on any atom is 0.264 e. The third kappa shape index (κ3) is 4.42. The van der Waals surface area contributed by atoms with E-state index in [9.17, 15) is 14.4 Å². The van der Waals surface area contributed by atoms with Gasteiger partial charge in [0.15, 0.2) is 0 Å². The van der Waals surface area contributed by atoms with Gasteiger partial charge in [-0.15, -0.1) is 11.3 Å². The van der Waals surface area contributed by atoms with Gasteiger partial charge < -0.3 is 15.5 Å². The highest BCUT2D eigenvalue weighted by atomic mass is 32.1. The van der Waals surface area contributed by atoms with Gasteiger partial charge in [-0.2, -0.15) is 0 Å². The van der Waals surface area contributed by atoms with Crippen LogP contribution in [0.4, 0.5) is 10.7 Å². The second-order valence-corrected chi connectivity index (χ2v) is 8.46. The predicted molar refractivity (Wildman–Crippen MR) is 109 cm³/mol. The number of rotatable bonds is 5. The first-order chi connectivity index (χ1) is 13.6. The van der Waals surface area contributed by atoms with Crippen LogP contribution in [-0.4, -0.2) is 35.7 Å². The molecule has 6 nitrogen and oxygen atoms in total. The van der Waals surface area contributed by atoms with Crippen molar-refractivity contribution >= 4 is 39.7 Å². The minimum atomic E-state index is -0.216. The quantitative estimate of drug-likeness (QED) is 0.809. The zero-order chi connectivity index (χ0) is 19.5. The van der Waals surface area contributed by atoms with Gasteiger partial charge in [0.05, 0.1) is 15.8 Å². The number of hydrogen-bond donors (Lipinski definition) is 2. The van der Waals surface area contributed by atoms with E-state index in [1.807, 2.05) is 30.3 Å². The zero-order valence-electron chi connectivity index (χ0n) is 15.5. The van der Waals surface area contributed by atoms with Crippen molar-refractivity contribution in [2.24, 2.45) is 11.8 Å². The highest BCUT2D eigenvalue weighted by Gasteiger charge is 2.31. The monoisotopic (exact) mass is 397 g/mol. The van der Waals surface area contributed by atoms with Crippen LogP contribution in [0, 0.1) is 11.8 Å². The Morgan fingerprint density at radius 3 is 2.39 bits per heavy atom. The summed E-state index contributed by atoms with van der Waals surface area (Å²) in [4.78, 5) is 39.7. The molecule has 1 aliphatic carbocycles. The van der Waals surface area contributed by atoms with Gasteiger partial charge in [0.2, 0.25) is 11.8 Å². The number of nitrogens with one attached hydrogen (secondary N) is 2. The van der Waals surface area contributed by atoms with E-state index in [1.165, 1.54) is 11.3 Å². The van der Waals surface area contributed by atoms with E-state index in [1.54, 1.807) is 17.0 Å². The zero-order valence-corrected chi connectivity index (χ0v) is 16.3. The molecule has 0 radical (unpaired) electrons. The summed E-state index contributed by atoms with van der Waals surface area (Å²) in [7, 11) is 0. The standard InChI is InChI=1S/C21H23N3O3S/c25-19(14-8-9-14)23-18-11-10-17(28-18)21(27)24-12-4-5-15(13-24)20(26)22-16-6-2-1-3-7-16/h1-3,6-7,10-11,14-15H,4-5,8-9,12-13H2,(H,22,26)(H,23,25)/t15-/m0/s1. The highest BCUT2D eigenvalue weighted by molar-refractivity contribution is 7.18. The molecular weight excluding hydrogens is 374 g/mol. The molecule has 0 unspecified atom stereocenters. The van der Waals surface area contributed by atoms with Gasteiger partial charge >= 0.3 is 0 Å². The van der Waals surface area contributed by atoms with E-state index in [4.69, 9.17) is 0 Å². The molecule has 1 saturated heterocycles. The normalized spacial score (nSPS) is 19.1. The maximum atomic E-state index is 12.9. The highest BCUT2D eigenvalue weighted by Crippen LogP contribution is 2.32. The molecule has 2 N–H and O–H groups in total. The molecular formula is C21H23N3O3S. The number of nitrogens with zero attached hydrogens (tertiary/aromatic N) is 1. The molecule has 7 heteroatoms. The first kappa shape index (κ1) is 18.7. The fraction of sp³-hybridized carbons (Fsp3) is 0.381. The Kier molecular flexibility index (Phi) is 5.43. The number of carbonyl (C=O) groups excluding carboxylic acids is 3. The van der Waals surface area contributed by atoms with Gasteiger partial charge in [-0.05, 0) is 49.9 Å². The molecule has 1 aromatic heterocycles. The number of piperidine rings is 1. The second kappa shape index (κ2) is 8.14. The SMILES string of the molecule is O=C(Nc1ccc(C(=O)N2CCC[C@H](C(=O)Nc3ccccc3)C2)s1)C1CC1. The second-order valence-electron chi connectivity index (χ2n) is 7.37. The first-order valence-electron chi connectivity index (χ1n) is 9.66. The summed E-state index contributed by atoms with van der Waals surface area (Å²) in [6.07, 6.45) is 3.47. The Labute approximate surface area is 167 Å². The number of para-hydroxylation sites is 1. The van der Waals surface area contributed by atoms with Crippen LogP contribution in [0.25, 0.3) is 0 Å². The van der Waals surface area contributed by atoms with Crippen molar-refractivity contribution in [2.45, 2.75) is 25.7 Å². The largest absolute Gasteiger partial charge is 0.337 e. The molecule has 0 bridgehead atoms. The Hall–Kier alpha value is -2.67. The molecule has 1 atom stereocenters. The Morgan fingerprint density at radius 1 is 0.893 bits per heavy atom. The molecule has 146 valence electrons. The fourth-order valence-corrected chi connectivity index (χ4v) is 4.26. The van der Waals surface area contributed by atoms with Crippen molar-refractivity contribution < 1.29 is 14.4 Å². The van der Waals surface area contributed by atoms with E-state index >= 15 is 0 Å².